The van der Waals surface area contributed by atoms with Gasteiger partial charge in [-0.15, -0.1) is 0 Å². The van der Waals surface area contributed by atoms with Gasteiger partial charge in [0.25, 0.3) is 0 Å². The first-order valence-electron chi connectivity index (χ1n) is 7.74. The maximum absolute atomic E-state index is 12.5. The average Bonchev–Trinajstić information content (AvgIpc) is 2.76. The molecule has 2 saturated heterocycles. The lowest BCUT2D eigenvalue weighted by Crippen LogP contribution is -2.50. The molecule has 1 aromatic heterocycles. The predicted molar refractivity (Wildman–Crippen MR) is 78.7 cm³/mol. The number of amides is 1. The molecule has 0 saturated carbocycles. The fourth-order valence-corrected chi connectivity index (χ4v) is 3.74. The van der Waals surface area contributed by atoms with Crippen molar-refractivity contribution >= 4 is 11.9 Å². The molecule has 1 amide bonds. The Hall–Kier alpha value is -2.03. The molecule has 24 heavy (non-hydrogen) atoms. The Bertz CT molecular complexity index is 594. The van der Waals surface area contributed by atoms with Crippen LogP contribution >= 0.6 is 0 Å². The van der Waals surface area contributed by atoms with E-state index >= 15 is 0 Å². The van der Waals surface area contributed by atoms with Crippen molar-refractivity contribution in [2.24, 2.45) is 0 Å². The molecule has 0 spiro atoms. The van der Waals surface area contributed by atoms with Crippen molar-refractivity contribution in [3.63, 3.8) is 0 Å². The van der Waals surface area contributed by atoms with E-state index in [0.717, 1.165) is 19.0 Å². The number of halogens is 3. The third kappa shape index (κ3) is 3.26. The van der Waals surface area contributed by atoms with E-state index in [9.17, 15) is 23.1 Å². The smallest absolute Gasteiger partial charge is 0.418 e. The Balaban J connectivity index is 1.73. The molecule has 3 N–H and O–H groups in total. The normalized spacial score (nSPS) is 27.8. The molecule has 6 nitrogen and oxygen atoms in total. The number of hydrogen-bond donors (Lipinski definition) is 3. The first kappa shape index (κ1) is 16.8. The number of aliphatic hydroxyl groups is 1. The zero-order chi connectivity index (χ0) is 17.5. The maximum Gasteiger partial charge on any atom is 0.418 e. The Morgan fingerprint density at radius 2 is 1.92 bits per heavy atom. The highest BCUT2D eigenvalue weighted by Crippen LogP contribution is 2.39. The number of pyridine rings is 1. The number of nitrogens with one attached hydrogen (secondary N) is 1. The summed E-state index contributed by atoms with van der Waals surface area (Å²) in [5.41, 5.74) is -0.291. The number of carbonyl (C=O) groups is 1. The molecule has 3 heterocycles. The Morgan fingerprint density at radius 1 is 1.29 bits per heavy atom. The van der Waals surface area contributed by atoms with Gasteiger partial charge in [-0.3, -0.25) is 0 Å². The lowest BCUT2D eigenvalue weighted by Gasteiger charge is -2.39. The summed E-state index contributed by atoms with van der Waals surface area (Å²) < 4.78 is 37.6. The number of fused-ring (bicyclic) bond motifs is 2. The first-order chi connectivity index (χ1) is 11.3. The SMILES string of the molecule is O=C(O)N[C@H]1C[C@H]2CC[C@@H](C1)N2c1ccc(C(O)C(F)(F)F)cn1. The van der Waals surface area contributed by atoms with Crippen LogP contribution in [0.4, 0.5) is 23.8 Å². The van der Waals surface area contributed by atoms with Crippen LogP contribution in [0.15, 0.2) is 18.3 Å². The molecule has 0 radical (unpaired) electrons. The van der Waals surface area contributed by atoms with Crippen LogP contribution in [-0.2, 0) is 0 Å². The summed E-state index contributed by atoms with van der Waals surface area (Å²) in [6.07, 6.45) is -4.15. The Morgan fingerprint density at radius 3 is 2.38 bits per heavy atom. The lowest BCUT2D eigenvalue weighted by atomic mass is 9.97. The van der Waals surface area contributed by atoms with Gasteiger partial charge in [-0.2, -0.15) is 13.2 Å². The second kappa shape index (κ2) is 6.12. The number of piperidine rings is 1. The van der Waals surface area contributed by atoms with Crippen molar-refractivity contribution in [2.45, 2.75) is 56.1 Å². The van der Waals surface area contributed by atoms with E-state index in [2.05, 4.69) is 15.2 Å². The minimum absolute atomic E-state index is 0.109. The van der Waals surface area contributed by atoms with E-state index in [1.54, 1.807) is 0 Å². The minimum atomic E-state index is -4.72. The summed E-state index contributed by atoms with van der Waals surface area (Å²) in [4.78, 5) is 16.9. The Labute approximate surface area is 136 Å². The van der Waals surface area contributed by atoms with Gasteiger partial charge < -0.3 is 20.4 Å². The molecule has 4 atom stereocenters. The standard InChI is InChI=1S/C15H18F3N3O3/c16-15(17,18)13(22)8-1-4-12(19-7-8)21-10-2-3-11(21)6-9(5-10)20-14(23)24/h1,4,7,9-11,13,20,22H,2-3,5-6H2,(H,23,24)/t9-,10+,11-,13?. The van der Waals surface area contributed by atoms with Crippen molar-refractivity contribution in [1.82, 2.24) is 10.3 Å². The fraction of sp³-hybridized carbons (Fsp3) is 0.600. The molecule has 2 aliphatic heterocycles. The van der Waals surface area contributed by atoms with E-state index in [0.29, 0.717) is 18.7 Å². The maximum atomic E-state index is 12.5. The van der Waals surface area contributed by atoms with Gasteiger partial charge in [0.05, 0.1) is 0 Å². The van der Waals surface area contributed by atoms with Crippen LogP contribution in [0.5, 0.6) is 0 Å². The van der Waals surface area contributed by atoms with Crippen LogP contribution in [0, 0.1) is 0 Å². The molecule has 9 heteroatoms. The number of carboxylic acid groups (broad SMARTS) is 1. The third-order valence-electron chi connectivity index (χ3n) is 4.72. The predicted octanol–water partition coefficient (Wildman–Crippen LogP) is 2.44. The van der Waals surface area contributed by atoms with Crippen LogP contribution in [0.25, 0.3) is 0 Å². The molecule has 2 bridgehead atoms. The molecular formula is C15H18F3N3O3. The van der Waals surface area contributed by atoms with Gasteiger partial charge in [-0.05, 0) is 31.7 Å². The summed E-state index contributed by atoms with van der Waals surface area (Å²) in [5.74, 6) is 0.564. The van der Waals surface area contributed by atoms with Crippen LogP contribution < -0.4 is 10.2 Å². The van der Waals surface area contributed by atoms with Gasteiger partial charge in [0.15, 0.2) is 6.10 Å². The van der Waals surface area contributed by atoms with E-state index < -0.39 is 18.4 Å². The van der Waals surface area contributed by atoms with Crippen molar-refractivity contribution in [1.29, 1.82) is 0 Å². The average molecular weight is 345 g/mol. The molecule has 132 valence electrons. The lowest BCUT2D eigenvalue weighted by molar-refractivity contribution is -0.206. The van der Waals surface area contributed by atoms with Gasteiger partial charge in [-0.25, -0.2) is 9.78 Å². The van der Waals surface area contributed by atoms with Crippen molar-refractivity contribution in [3.8, 4) is 0 Å². The van der Waals surface area contributed by atoms with Crippen LogP contribution in [0.3, 0.4) is 0 Å². The number of rotatable bonds is 3. The van der Waals surface area contributed by atoms with Crippen molar-refractivity contribution < 1.29 is 28.2 Å². The highest BCUT2D eigenvalue weighted by atomic mass is 19.4. The third-order valence-corrected chi connectivity index (χ3v) is 4.72. The molecule has 0 aromatic carbocycles. The van der Waals surface area contributed by atoms with Gasteiger partial charge >= 0.3 is 12.3 Å². The number of aliphatic hydroxyl groups excluding tert-OH is 1. The largest absolute Gasteiger partial charge is 0.465 e. The molecule has 2 fully saturated rings. The topological polar surface area (TPSA) is 85.7 Å². The zero-order valence-electron chi connectivity index (χ0n) is 12.7. The quantitative estimate of drug-likeness (QED) is 0.783. The monoisotopic (exact) mass is 345 g/mol. The van der Waals surface area contributed by atoms with Crippen LogP contribution in [0.1, 0.15) is 37.4 Å². The number of hydrogen-bond acceptors (Lipinski definition) is 4. The van der Waals surface area contributed by atoms with Crippen molar-refractivity contribution in [2.75, 3.05) is 4.90 Å². The number of nitrogens with zero attached hydrogens (tertiary/aromatic N) is 2. The molecule has 0 aliphatic carbocycles. The van der Waals surface area contributed by atoms with Gasteiger partial charge in [0, 0.05) is 29.9 Å². The summed E-state index contributed by atoms with van der Waals surface area (Å²) in [6.45, 7) is 0. The summed E-state index contributed by atoms with van der Waals surface area (Å²) in [6, 6.07) is 2.85. The van der Waals surface area contributed by atoms with E-state index in [-0.39, 0.29) is 23.7 Å². The first-order valence-corrected chi connectivity index (χ1v) is 7.74. The number of alkyl halides is 3. The highest BCUT2D eigenvalue weighted by molar-refractivity contribution is 5.65. The van der Waals surface area contributed by atoms with Crippen molar-refractivity contribution in [3.05, 3.63) is 23.9 Å². The van der Waals surface area contributed by atoms with Gasteiger partial charge in [-0.1, -0.05) is 6.07 Å². The Kier molecular flexibility index (Phi) is 4.29. The van der Waals surface area contributed by atoms with Gasteiger partial charge in [0.2, 0.25) is 0 Å². The van der Waals surface area contributed by atoms with E-state index in [1.165, 1.54) is 12.1 Å². The molecule has 1 aromatic rings. The summed E-state index contributed by atoms with van der Waals surface area (Å²) in [5, 5.41) is 20.6. The van der Waals surface area contributed by atoms with E-state index in [4.69, 9.17) is 5.11 Å². The number of anilines is 1. The van der Waals surface area contributed by atoms with E-state index in [1.807, 2.05) is 0 Å². The molecule has 2 aliphatic rings. The highest BCUT2D eigenvalue weighted by Gasteiger charge is 2.42. The second-order valence-electron chi connectivity index (χ2n) is 6.30. The fourth-order valence-electron chi connectivity index (χ4n) is 3.74. The zero-order valence-corrected chi connectivity index (χ0v) is 12.7. The summed E-state index contributed by atoms with van der Waals surface area (Å²) >= 11 is 0. The molecule has 1 unspecified atom stereocenters. The molecular weight excluding hydrogens is 327 g/mol. The van der Waals surface area contributed by atoms with Gasteiger partial charge in [0.1, 0.15) is 5.82 Å². The number of aromatic nitrogens is 1. The summed E-state index contributed by atoms with van der Waals surface area (Å²) in [7, 11) is 0. The van der Waals surface area contributed by atoms with Crippen LogP contribution in [0.2, 0.25) is 0 Å². The second-order valence-corrected chi connectivity index (χ2v) is 6.30. The molecule has 3 rings (SSSR count). The van der Waals surface area contributed by atoms with Crippen LogP contribution in [-0.4, -0.2) is 45.6 Å². The minimum Gasteiger partial charge on any atom is -0.465 e.